The summed E-state index contributed by atoms with van der Waals surface area (Å²) in [6.07, 6.45) is 5.58. The molecule has 0 bridgehead atoms. The number of aromatic nitrogens is 2. The van der Waals surface area contributed by atoms with Crippen LogP contribution in [0.25, 0.3) is 0 Å². The molecular formula is C18H22N6O5S. The van der Waals surface area contributed by atoms with Crippen LogP contribution in [-0.4, -0.2) is 56.7 Å². The minimum absolute atomic E-state index is 0.0941. The summed E-state index contributed by atoms with van der Waals surface area (Å²) in [6, 6.07) is 4.77. The smallest absolute Gasteiger partial charge is 0.278 e. The van der Waals surface area contributed by atoms with Crippen molar-refractivity contribution >= 4 is 39.0 Å². The molecule has 2 heterocycles. The van der Waals surface area contributed by atoms with Crippen molar-refractivity contribution in [1.29, 1.82) is 0 Å². The highest BCUT2D eigenvalue weighted by Gasteiger charge is 2.25. The zero-order chi connectivity index (χ0) is 21.9. The van der Waals surface area contributed by atoms with Gasteiger partial charge in [-0.15, -0.1) is 0 Å². The second kappa shape index (κ2) is 8.63. The van der Waals surface area contributed by atoms with Crippen molar-refractivity contribution in [2.75, 3.05) is 30.0 Å². The van der Waals surface area contributed by atoms with Gasteiger partial charge in [-0.1, -0.05) is 0 Å². The molecule has 2 aromatic heterocycles. The molecule has 1 aliphatic rings. The lowest BCUT2D eigenvalue weighted by Crippen LogP contribution is -2.28. The summed E-state index contributed by atoms with van der Waals surface area (Å²) in [5.41, 5.74) is 2.95. The molecule has 0 radical (unpaired) electrons. The van der Waals surface area contributed by atoms with E-state index in [1.165, 1.54) is 32.6 Å². The third-order valence-corrected chi connectivity index (χ3v) is 5.51. The van der Waals surface area contributed by atoms with Crippen LogP contribution in [0.1, 0.15) is 33.7 Å². The molecule has 1 aliphatic carbocycles. The molecule has 0 aliphatic heterocycles. The van der Waals surface area contributed by atoms with Crippen molar-refractivity contribution in [1.82, 2.24) is 20.8 Å². The Hall–Kier alpha value is -3.25. The molecule has 0 aromatic carbocycles. The summed E-state index contributed by atoms with van der Waals surface area (Å²) in [4.78, 5) is 37.6. The quantitative estimate of drug-likeness (QED) is 0.518. The van der Waals surface area contributed by atoms with E-state index in [0.717, 1.165) is 23.4 Å². The number of nitrogens with zero attached hydrogens (tertiary/aromatic N) is 3. The predicted octanol–water partition coefficient (Wildman–Crippen LogP) is 0.799. The molecule has 0 saturated heterocycles. The number of pyridine rings is 2. The molecule has 0 atom stereocenters. The van der Waals surface area contributed by atoms with Gasteiger partial charge in [0.15, 0.2) is 5.82 Å². The van der Waals surface area contributed by atoms with E-state index in [1.54, 1.807) is 12.1 Å². The minimum atomic E-state index is -3.58. The monoisotopic (exact) mass is 434 g/mol. The van der Waals surface area contributed by atoms with Crippen LogP contribution < -0.4 is 20.4 Å². The van der Waals surface area contributed by atoms with Crippen molar-refractivity contribution < 1.29 is 22.8 Å². The van der Waals surface area contributed by atoms with E-state index in [2.05, 4.69) is 30.9 Å². The van der Waals surface area contributed by atoms with E-state index in [1.807, 2.05) is 0 Å². The Morgan fingerprint density at radius 1 is 1.20 bits per heavy atom. The number of sulfonamides is 1. The van der Waals surface area contributed by atoms with Gasteiger partial charge in [0, 0.05) is 25.5 Å². The fourth-order valence-electron chi connectivity index (χ4n) is 2.55. The minimum Gasteiger partial charge on any atom is -0.352 e. The van der Waals surface area contributed by atoms with E-state index < -0.39 is 15.9 Å². The van der Waals surface area contributed by atoms with Crippen LogP contribution in [0.4, 0.5) is 17.2 Å². The van der Waals surface area contributed by atoms with Gasteiger partial charge >= 0.3 is 0 Å². The molecule has 11 nitrogen and oxygen atoms in total. The average molecular weight is 434 g/mol. The molecule has 3 N–H and O–H groups in total. The summed E-state index contributed by atoms with van der Waals surface area (Å²) < 4.78 is 24.9. The fraction of sp³-hybridized carbons (Fsp3) is 0.333. The first-order valence-electron chi connectivity index (χ1n) is 9.01. The molecule has 12 heteroatoms. The predicted molar refractivity (Wildman–Crippen MR) is 110 cm³/mol. The summed E-state index contributed by atoms with van der Waals surface area (Å²) in [7, 11) is -0.927. The third kappa shape index (κ3) is 5.02. The van der Waals surface area contributed by atoms with Gasteiger partial charge in [0.05, 0.1) is 30.3 Å². The van der Waals surface area contributed by atoms with E-state index in [-0.39, 0.29) is 34.7 Å². The van der Waals surface area contributed by atoms with Crippen LogP contribution in [0.3, 0.4) is 0 Å². The molecule has 0 spiro atoms. The summed E-state index contributed by atoms with van der Waals surface area (Å²) in [6.45, 7) is 0. The Labute approximate surface area is 173 Å². The molecule has 1 fully saturated rings. The van der Waals surface area contributed by atoms with Gasteiger partial charge in [0.1, 0.15) is 5.69 Å². The molecule has 0 unspecified atom stereocenters. The van der Waals surface area contributed by atoms with Crippen molar-refractivity contribution in [3.63, 3.8) is 0 Å². The number of hydrogen-bond acceptors (Lipinski definition) is 8. The zero-order valence-electron chi connectivity index (χ0n) is 16.7. The summed E-state index contributed by atoms with van der Waals surface area (Å²) in [5, 5.41) is 5.82. The fourth-order valence-corrected chi connectivity index (χ4v) is 3.01. The van der Waals surface area contributed by atoms with Gasteiger partial charge in [-0.2, -0.15) is 0 Å². The highest BCUT2D eigenvalue weighted by Crippen LogP contribution is 2.29. The number of nitrogens with one attached hydrogen (secondary N) is 3. The topological polar surface area (TPSA) is 143 Å². The number of carbonyl (C=O) groups excluding carboxylic acids is 2. The molecule has 2 aromatic rings. The number of anilines is 3. The Morgan fingerprint density at radius 2 is 1.93 bits per heavy atom. The highest BCUT2D eigenvalue weighted by atomic mass is 32.2. The van der Waals surface area contributed by atoms with Gasteiger partial charge in [-0.3, -0.25) is 23.7 Å². The maximum absolute atomic E-state index is 12.4. The maximum atomic E-state index is 12.4. The first-order valence-corrected chi connectivity index (χ1v) is 10.9. The second-order valence-electron chi connectivity index (χ2n) is 6.73. The molecule has 30 heavy (non-hydrogen) atoms. The van der Waals surface area contributed by atoms with Crippen LogP contribution in [0.2, 0.25) is 0 Å². The van der Waals surface area contributed by atoms with Crippen LogP contribution in [0, 0.1) is 0 Å². The van der Waals surface area contributed by atoms with E-state index in [9.17, 15) is 18.0 Å². The number of hydroxylamine groups is 1. The number of amides is 2. The normalized spacial score (nSPS) is 13.4. The van der Waals surface area contributed by atoms with Gasteiger partial charge in [-0.25, -0.2) is 18.9 Å². The molecular weight excluding hydrogens is 412 g/mol. The van der Waals surface area contributed by atoms with Crippen LogP contribution in [0.5, 0.6) is 0 Å². The summed E-state index contributed by atoms with van der Waals surface area (Å²) in [5.74, 6) is -0.832. The summed E-state index contributed by atoms with van der Waals surface area (Å²) >= 11 is 0. The van der Waals surface area contributed by atoms with Crippen molar-refractivity contribution in [3.05, 3.63) is 41.9 Å². The molecule has 3 rings (SSSR count). The highest BCUT2D eigenvalue weighted by molar-refractivity contribution is 7.92. The van der Waals surface area contributed by atoms with Crippen molar-refractivity contribution in [2.24, 2.45) is 0 Å². The maximum Gasteiger partial charge on any atom is 0.278 e. The van der Waals surface area contributed by atoms with Gasteiger partial charge in [0.25, 0.3) is 11.8 Å². The Balaban J connectivity index is 2.01. The lowest BCUT2D eigenvalue weighted by Gasteiger charge is -2.20. The Morgan fingerprint density at radius 3 is 2.57 bits per heavy atom. The number of carbonyl (C=O) groups is 2. The SMILES string of the molecule is CONC(=O)c1cnc(C(=O)NC2CC2)cc1Nc1cccnc1N(C)S(C)(=O)=O. The van der Waals surface area contributed by atoms with Crippen LogP contribution >= 0.6 is 0 Å². The second-order valence-corrected chi connectivity index (χ2v) is 8.74. The first kappa shape index (κ1) is 21.5. The Bertz CT molecular complexity index is 1070. The molecule has 1 saturated carbocycles. The largest absolute Gasteiger partial charge is 0.352 e. The first-order chi connectivity index (χ1) is 14.2. The lowest BCUT2D eigenvalue weighted by atomic mass is 10.1. The molecule has 2 amide bonds. The average Bonchev–Trinajstić information content (AvgIpc) is 3.51. The van der Waals surface area contributed by atoms with Crippen molar-refractivity contribution in [2.45, 2.75) is 18.9 Å². The van der Waals surface area contributed by atoms with Crippen molar-refractivity contribution in [3.8, 4) is 0 Å². The van der Waals surface area contributed by atoms with Gasteiger partial charge < -0.3 is 10.6 Å². The van der Waals surface area contributed by atoms with E-state index in [4.69, 9.17) is 0 Å². The molecule has 160 valence electrons. The van der Waals surface area contributed by atoms with Gasteiger partial charge in [0.2, 0.25) is 10.0 Å². The third-order valence-electron chi connectivity index (χ3n) is 4.34. The lowest BCUT2D eigenvalue weighted by molar-refractivity contribution is 0.0538. The number of rotatable bonds is 8. The van der Waals surface area contributed by atoms with E-state index in [0.29, 0.717) is 5.69 Å². The standard InChI is InChI=1S/C18H22N6O5S/c1-24(30(3,27)28)16-13(5-4-8-19-16)22-14-9-15(18(26)21-11-6-7-11)20-10-12(14)17(25)23-29-2/h4-5,8-11H,6-7H2,1-3H3,(H,20,22)(H,21,26)(H,23,25). The van der Waals surface area contributed by atoms with Crippen LogP contribution in [0.15, 0.2) is 30.6 Å². The zero-order valence-corrected chi connectivity index (χ0v) is 17.5. The number of hydrogen-bond donors (Lipinski definition) is 3. The Kier molecular flexibility index (Phi) is 6.17. The van der Waals surface area contributed by atoms with E-state index >= 15 is 0 Å². The van der Waals surface area contributed by atoms with Gasteiger partial charge in [-0.05, 0) is 31.0 Å². The van der Waals surface area contributed by atoms with Crippen LogP contribution in [-0.2, 0) is 14.9 Å².